The number of esters is 1. The number of ether oxygens (including phenoxy) is 1. The van der Waals surface area contributed by atoms with Crippen molar-refractivity contribution in [1.29, 1.82) is 0 Å². The highest BCUT2D eigenvalue weighted by molar-refractivity contribution is 6.31. The number of benzene rings is 1. The van der Waals surface area contributed by atoms with E-state index in [0.717, 1.165) is 12.1 Å². The third-order valence-corrected chi connectivity index (χ3v) is 2.29. The first-order valence-corrected chi connectivity index (χ1v) is 6.00. The van der Waals surface area contributed by atoms with Gasteiger partial charge in [-0.15, -0.1) is 0 Å². The molecule has 0 heterocycles. The SMILES string of the molecule is CC(C)(C)NC(=O)COC(=O)c1ccc(F)c(Cl)c1. The summed E-state index contributed by atoms with van der Waals surface area (Å²) in [4.78, 5) is 23.0. The van der Waals surface area contributed by atoms with Gasteiger partial charge in [0.1, 0.15) is 5.82 Å². The van der Waals surface area contributed by atoms with Gasteiger partial charge in [0.15, 0.2) is 6.61 Å². The van der Waals surface area contributed by atoms with Gasteiger partial charge >= 0.3 is 5.97 Å². The average Bonchev–Trinajstić information content (AvgIpc) is 2.27. The molecule has 4 nitrogen and oxygen atoms in total. The molecular weight excluding hydrogens is 273 g/mol. The van der Waals surface area contributed by atoms with Crippen LogP contribution in [0.4, 0.5) is 4.39 Å². The van der Waals surface area contributed by atoms with Crippen LogP contribution in [-0.4, -0.2) is 24.0 Å². The third kappa shape index (κ3) is 5.26. The summed E-state index contributed by atoms with van der Waals surface area (Å²) in [5.74, 6) is -1.76. The number of nitrogens with one attached hydrogen (secondary N) is 1. The van der Waals surface area contributed by atoms with Crippen molar-refractivity contribution in [3.8, 4) is 0 Å². The zero-order valence-corrected chi connectivity index (χ0v) is 11.7. The fourth-order valence-electron chi connectivity index (χ4n) is 1.29. The molecule has 0 bridgehead atoms. The average molecular weight is 288 g/mol. The van der Waals surface area contributed by atoms with Crippen molar-refractivity contribution < 1.29 is 18.7 Å². The van der Waals surface area contributed by atoms with Crippen LogP contribution in [0.5, 0.6) is 0 Å². The lowest BCUT2D eigenvalue weighted by atomic mass is 10.1. The third-order valence-electron chi connectivity index (χ3n) is 2.00. The topological polar surface area (TPSA) is 55.4 Å². The van der Waals surface area contributed by atoms with E-state index in [1.165, 1.54) is 6.07 Å². The summed E-state index contributed by atoms with van der Waals surface area (Å²) in [6.45, 7) is 5.04. The molecule has 0 aliphatic carbocycles. The van der Waals surface area contributed by atoms with Crippen molar-refractivity contribution in [1.82, 2.24) is 5.32 Å². The van der Waals surface area contributed by atoms with Gasteiger partial charge in [-0.1, -0.05) is 11.6 Å². The normalized spacial score (nSPS) is 11.0. The maximum atomic E-state index is 12.9. The van der Waals surface area contributed by atoms with Gasteiger partial charge in [0.25, 0.3) is 5.91 Å². The maximum absolute atomic E-state index is 12.9. The van der Waals surface area contributed by atoms with E-state index in [2.05, 4.69) is 5.32 Å². The molecular formula is C13H15ClFNO3. The van der Waals surface area contributed by atoms with E-state index >= 15 is 0 Å². The van der Waals surface area contributed by atoms with Crippen LogP contribution in [0.1, 0.15) is 31.1 Å². The van der Waals surface area contributed by atoms with Gasteiger partial charge in [0, 0.05) is 5.54 Å². The van der Waals surface area contributed by atoms with Gasteiger partial charge in [0.2, 0.25) is 0 Å². The second kappa shape index (κ2) is 6.02. The quantitative estimate of drug-likeness (QED) is 0.869. The Labute approximate surface area is 115 Å². The van der Waals surface area contributed by atoms with Crippen molar-refractivity contribution in [2.45, 2.75) is 26.3 Å². The Hall–Kier alpha value is -1.62. The maximum Gasteiger partial charge on any atom is 0.338 e. The number of hydrogen-bond acceptors (Lipinski definition) is 3. The summed E-state index contributed by atoms with van der Waals surface area (Å²) in [5, 5.41) is 2.47. The lowest BCUT2D eigenvalue weighted by molar-refractivity contribution is -0.125. The highest BCUT2D eigenvalue weighted by Gasteiger charge is 2.16. The Morgan fingerprint density at radius 3 is 2.53 bits per heavy atom. The van der Waals surface area contributed by atoms with Crippen LogP contribution in [0.25, 0.3) is 0 Å². The molecule has 1 N–H and O–H groups in total. The minimum atomic E-state index is -0.731. The summed E-state index contributed by atoms with van der Waals surface area (Å²) in [7, 11) is 0. The van der Waals surface area contributed by atoms with E-state index in [1.807, 2.05) is 20.8 Å². The van der Waals surface area contributed by atoms with Crippen molar-refractivity contribution in [2.24, 2.45) is 0 Å². The molecule has 1 rings (SSSR count). The van der Waals surface area contributed by atoms with Crippen molar-refractivity contribution in [2.75, 3.05) is 6.61 Å². The molecule has 1 aromatic rings. The molecule has 1 aromatic carbocycles. The van der Waals surface area contributed by atoms with Crippen LogP contribution in [0.3, 0.4) is 0 Å². The highest BCUT2D eigenvalue weighted by Crippen LogP contribution is 2.16. The standard InChI is InChI=1S/C13H15ClFNO3/c1-13(2,3)16-11(17)7-19-12(18)8-4-5-10(15)9(14)6-8/h4-6H,7H2,1-3H3,(H,16,17). The van der Waals surface area contributed by atoms with Crippen LogP contribution in [-0.2, 0) is 9.53 Å². The first kappa shape index (κ1) is 15.4. The van der Waals surface area contributed by atoms with E-state index in [0.29, 0.717) is 0 Å². The molecule has 104 valence electrons. The van der Waals surface area contributed by atoms with Gasteiger partial charge in [-0.3, -0.25) is 4.79 Å². The molecule has 0 aromatic heterocycles. The molecule has 0 aliphatic rings. The summed E-state index contributed by atoms with van der Waals surface area (Å²) in [5.41, 5.74) is -0.308. The van der Waals surface area contributed by atoms with Crippen LogP contribution in [0.2, 0.25) is 5.02 Å². The summed E-state index contributed by atoms with van der Waals surface area (Å²) in [6.07, 6.45) is 0. The summed E-state index contributed by atoms with van der Waals surface area (Å²) >= 11 is 5.55. The number of carbonyl (C=O) groups is 2. The monoisotopic (exact) mass is 287 g/mol. The Morgan fingerprint density at radius 1 is 1.37 bits per heavy atom. The fraction of sp³-hybridized carbons (Fsp3) is 0.385. The van der Waals surface area contributed by atoms with E-state index in [1.54, 1.807) is 0 Å². The van der Waals surface area contributed by atoms with Gasteiger partial charge in [-0.2, -0.15) is 0 Å². The summed E-state index contributed by atoms with van der Waals surface area (Å²) in [6, 6.07) is 3.46. The van der Waals surface area contributed by atoms with Gasteiger partial charge in [-0.25, -0.2) is 9.18 Å². The Morgan fingerprint density at radius 2 is 2.00 bits per heavy atom. The first-order valence-electron chi connectivity index (χ1n) is 5.62. The van der Waals surface area contributed by atoms with Crippen LogP contribution < -0.4 is 5.32 Å². The molecule has 0 aliphatic heterocycles. The summed E-state index contributed by atoms with van der Waals surface area (Å²) < 4.78 is 17.7. The molecule has 0 fully saturated rings. The van der Waals surface area contributed by atoms with Crippen molar-refractivity contribution in [3.05, 3.63) is 34.6 Å². The lowest BCUT2D eigenvalue weighted by Gasteiger charge is -2.20. The smallest absolute Gasteiger partial charge is 0.338 e. The van der Waals surface area contributed by atoms with Crippen molar-refractivity contribution >= 4 is 23.5 Å². The van der Waals surface area contributed by atoms with Gasteiger partial charge in [-0.05, 0) is 39.0 Å². The van der Waals surface area contributed by atoms with Gasteiger partial charge in [0.05, 0.1) is 10.6 Å². The van der Waals surface area contributed by atoms with Crippen LogP contribution in [0.15, 0.2) is 18.2 Å². The van der Waals surface area contributed by atoms with Crippen LogP contribution in [0, 0.1) is 5.82 Å². The molecule has 0 atom stereocenters. The number of carbonyl (C=O) groups excluding carboxylic acids is 2. The molecule has 0 saturated heterocycles. The number of rotatable bonds is 3. The predicted molar refractivity (Wildman–Crippen MR) is 69.6 cm³/mol. The molecule has 0 unspecified atom stereocenters. The number of hydrogen-bond donors (Lipinski definition) is 1. The van der Waals surface area contributed by atoms with E-state index in [4.69, 9.17) is 16.3 Å². The molecule has 0 radical (unpaired) electrons. The molecule has 19 heavy (non-hydrogen) atoms. The lowest BCUT2D eigenvalue weighted by Crippen LogP contribution is -2.42. The zero-order valence-electron chi connectivity index (χ0n) is 10.9. The Bertz CT molecular complexity index is 497. The minimum absolute atomic E-state index is 0.0926. The van der Waals surface area contributed by atoms with Crippen LogP contribution >= 0.6 is 11.6 Å². The molecule has 1 amide bonds. The molecule has 0 saturated carbocycles. The van der Waals surface area contributed by atoms with Gasteiger partial charge < -0.3 is 10.1 Å². The molecule has 0 spiro atoms. The predicted octanol–water partition coefficient (Wildman–Crippen LogP) is 2.55. The van der Waals surface area contributed by atoms with E-state index in [9.17, 15) is 14.0 Å². The largest absolute Gasteiger partial charge is 0.452 e. The zero-order chi connectivity index (χ0) is 14.6. The van der Waals surface area contributed by atoms with E-state index in [-0.39, 0.29) is 10.6 Å². The fourth-order valence-corrected chi connectivity index (χ4v) is 1.47. The highest BCUT2D eigenvalue weighted by atomic mass is 35.5. The number of halogens is 2. The minimum Gasteiger partial charge on any atom is -0.452 e. The van der Waals surface area contributed by atoms with E-state index < -0.39 is 29.8 Å². The second-order valence-corrected chi connectivity index (χ2v) is 5.41. The molecule has 6 heteroatoms. The first-order chi connectivity index (χ1) is 8.69. The van der Waals surface area contributed by atoms with Crippen molar-refractivity contribution in [3.63, 3.8) is 0 Å². The number of amides is 1. The Balaban J connectivity index is 2.56. The second-order valence-electron chi connectivity index (χ2n) is 5.00. The Kier molecular flexibility index (Phi) is 4.89.